The Morgan fingerprint density at radius 3 is 2.93 bits per heavy atom. The van der Waals surface area contributed by atoms with Crippen molar-refractivity contribution in [3.8, 4) is 17.6 Å². The zero-order chi connectivity index (χ0) is 11.3. The van der Waals surface area contributed by atoms with Crippen molar-refractivity contribution in [3.05, 3.63) is 28.8 Å². The number of amides is 1. The zero-order valence-corrected chi connectivity index (χ0v) is 8.93. The molecule has 0 bridgehead atoms. The number of carbonyl (C=O) groups is 1. The molecule has 1 amide bonds. The van der Waals surface area contributed by atoms with Gasteiger partial charge < -0.3 is 10.4 Å². The van der Waals surface area contributed by atoms with Crippen LogP contribution in [0.5, 0.6) is 5.75 Å². The van der Waals surface area contributed by atoms with Gasteiger partial charge in [0.15, 0.2) is 0 Å². The molecule has 15 heavy (non-hydrogen) atoms. The topological polar surface area (TPSA) is 49.3 Å². The Labute approximate surface area is 93.1 Å². The van der Waals surface area contributed by atoms with Crippen LogP contribution in [0.15, 0.2) is 18.2 Å². The highest BCUT2D eigenvalue weighted by atomic mass is 35.5. The largest absolute Gasteiger partial charge is 0.506 e. The third kappa shape index (κ3) is 3.92. The van der Waals surface area contributed by atoms with Crippen LogP contribution in [0.2, 0.25) is 5.02 Å². The van der Waals surface area contributed by atoms with Crippen molar-refractivity contribution < 1.29 is 9.90 Å². The summed E-state index contributed by atoms with van der Waals surface area (Å²) in [5, 5.41) is 12.0. The molecule has 0 spiro atoms. The average Bonchev–Trinajstić information content (AvgIpc) is 2.18. The van der Waals surface area contributed by atoms with E-state index in [1.165, 1.54) is 13.0 Å². The minimum absolute atomic E-state index is 0.0316. The van der Waals surface area contributed by atoms with Gasteiger partial charge >= 0.3 is 0 Å². The molecule has 0 aliphatic rings. The van der Waals surface area contributed by atoms with Crippen LogP contribution in [-0.2, 0) is 4.79 Å². The van der Waals surface area contributed by atoms with Gasteiger partial charge in [-0.2, -0.15) is 0 Å². The van der Waals surface area contributed by atoms with Crippen LogP contribution in [0.1, 0.15) is 12.5 Å². The first-order valence-electron chi connectivity index (χ1n) is 4.31. The Morgan fingerprint density at radius 1 is 1.60 bits per heavy atom. The van der Waals surface area contributed by atoms with Crippen molar-refractivity contribution in [2.45, 2.75) is 6.92 Å². The van der Waals surface area contributed by atoms with Crippen LogP contribution >= 0.6 is 11.6 Å². The molecule has 1 aromatic rings. The number of phenolic OH excluding ortho intramolecular Hbond substituents is 1. The fraction of sp³-hybridized carbons (Fsp3) is 0.182. The molecular weight excluding hydrogens is 214 g/mol. The molecule has 78 valence electrons. The molecule has 0 unspecified atom stereocenters. The van der Waals surface area contributed by atoms with E-state index in [4.69, 9.17) is 16.7 Å². The summed E-state index contributed by atoms with van der Waals surface area (Å²) in [7, 11) is 0. The Balaban J connectivity index is 2.64. The maximum absolute atomic E-state index is 10.5. The fourth-order valence-electron chi connectivity index (χ4n) is 0.900. The van der Waals surface area contributed by atoms with Crippen molar-refractivity contribution in [3.63, 3.8) is 0 Å². The number of carbonyl (C=O) groups excluding carboxylic acids is 1. The van der Waals surface area contributed by atoms with E-state index in [9.17, 15) is 4.79 Å². The third-order valence-electron chi connectivity index (χ3n) is 1.61. The number of phenols is 1. The van der Waals surface area contributed by atoms with Gasteiger partial charge in [-0.25, -0.2) is 0 Å². The van der Waals surface area contributed by atoms with E-state index in [0.29, 0.717) is 12.1 Å². The second-order valence-electron chi connectivity index (χ2n) is 2.88. The van der Waals surface area contributed by atoms with Gasteiger partial charge in [0.1, 0.15) is 5.75 Å². The third-order valence-corrected chi connectivity index (χ3v) is 1.91. The molecule has 0 atom stereocenters. The Morgan fingerprint density at radius 2 is 2.33 bits per heavy atom. The molecule has 0 saturated carbocycles. The lowest BCUT2D eigenvalue weighted by atomic mass is 10.2. The molecule has 3 nitrogen and oxygen atoms in total. The SMILES string of the molecule is CC(=O)NCC#Cc1ccc(O)c(Cl)c1. The van der Waals surface area contributed by atoms with Crippen LogP contribution in [-0.4, -0.2) is 17.6 Å². The van der Waals surface area contributed by atoms with Gasteiger partial charge in [-0.05, 0) is 18.2 Å². The van der Waals surface area contributed by atoms with Gasteiger partial charge in [0.05, 0.1) is 11.6 Å². The summed E-state index contributed by atoms with van der Waals surface area (Å²) in [5.74, 6) is 5.48. The first-order valence-corrected chi connectivity index (χ1v) is 4.69. The molecule has 0 aliphatic heterocycles. The monoisotopic (exact) mass is 223 g/mol. The summed E-state index contributed by atoms with van der Waals surface area (Å²) in [6.07, 6.45) is 0. The van der Waals surface area contributed by atoms with Gasteiger partial charge in [-0.1, -0.05) is 23.4 Å². The quantitative estimate of drug-likeness (QED) is 0.710. The number of rotatable bonds is 1. The molecule has 2 N–H and O–H groups in total. The Hall–Kier alpha value is -1.66. The predicted molar refractivity (Wildman–Crippen MR) is 58.7 cm³/mol. The van der Waals surface area contributed by atoms with E-state index in [0.717, 1.165) is 0 Å². The fourth-order valence-corrected chi connectivity index (χ4v) is 1.08. The van der Waals surface area contributed by atoms with Gasteiger partial charge in [-0.3, -0.25) is 4.79 Å². The average molecular weight is 224 g/mol. The number of hydrogen-bond donors (Lipinski definition) is 2. The lowest BCUT2D eigenvalue weighted by molar-refractivity contribution is -0.118. The molecule has 0 aromatic heterocycles. The molecule has 0 saturated heterocycles. The summed E-state index contributed by atoms with van der Waals surface area (Å²) < 4.78 is 0. The molecular formula is C11H10ClNO2. The Kier molecular flexibility index (Phi) is 4.02. The van der Waals surface area contributed by atoms with Crippen molar-refractivity contribution in [2.24, 2.45) is 0 Å². The summed E-state index contributed by atoms with van der Waals surface area (Å²) in [4.78, 5) is 10.5. The van der Waals surface area contributed by atoms with E-state index in [1.807, 2.05) is 0 Å². The highest BCUT2D eigenvalue weighted by Gasteiger charge is 1.96. The highest BCUT2D eigenvalue weighted by Crippen LogP contribution is 2.22. The summed E-state index contributed by atoms with van der Waals surface area (Å²) in [5.41, 5.74) is 0.697. The zero-order valence-electron chi connectivity index (χ0n) is 8.17. The maximum Gasteiger partial charge on any atom is 0.217 e. The lowest BCUT2D eigenvalue weighted by Gasteiger charge is -1.96. The van der Waals surface area contributed by atoms with Crippen LogP contribution in [0.25, 0.3) is 0 Å². The second-order valence-corrected chi connectivity index (χ2v) is 3.28. The van der Waals surface area contributed by atoms with Crippen molar-refractivity contribution in [1.29, 1.82) is 0 Å². The highest BCUT2D eigenvalue weighted by molar-refractivity contribution is 6.32. The van der Waals surface area contributed by atoms with E-state index in [-0.39, 0.29) is 16.7 Å². The molecule has 0 aliphatic carbocycles. The molecule has 0 fully saturated rings. The summed E-state index contributed by atoms with van der Waals surface area (Å²) >= 11 is 5.69. The number of aromatic hydroxyl groups is 1. The molecule has 0 radical (unpaired) electrons. The second kappa shape index (κ2) is 5.28. The normalized spacial score (nSPS) is 8.93. The minimum atomic E-state index is -0.118. The van der Waals surface area contributed by atoms with Crippen LogP contribution < -0.4 is 5.32 Å². The van der Waals surface area contributed by atoms with Crippen LogP contribution in [0, 0.1) is 11.8 Å². The molecule has 4 heteroatoms. The van der Waals surface area contributed by atoms with Gasteiger partial charge in [0, 0.05) is 12.5 Å². The molecule has 0 heterocycles. The summed E-state index contributed by atoms with van der Waals surface area (Å²) in [6.45, 7) is 1.73. The first kappa shape index (κ1) is 11.4. The maximum atomic E-state index is 10.5. The van der Waals surface area contributed by atoms with Gasteiger partial charge in [-0.15, -0.1) is 0 Å². The van der Waals surface area contributed by atoms with Crippen molar-refractivity contribution in [1.82, 2.24) is 5.32 Å². The first-order chi connectivity index (χ1) is 7.09. The van der Waals surface area contributed by atoms with E-state index >= 15 is 0 Å². The van der Waals surface area contributed by atoms with E-state index in [1.54, 1.807) is 12.1 Å². The molecule has 1 rings (SSSR count). The number of hydrogen-bond acceptors (Lipinski definition) is 2. The number of benzene rings is 1. The van der Waals surface area contributed by atoms with E-state index in [2.05, 4.69) is 17.2 Å². The van der Waals surface area contributed by atoms with Crippen LogP contribution in [0.3, 0.4) is 0 Å². The molecule has 1 aromatic carbocycles. The van der Waals surface area contributed by atoms with Gasteiger partial charge in [0.2, 0.25) is 5.91 Å². The Bertz CT molecular complexity index is 432. The van der Waals surface area contributed by atoms with Crippen molar-refractivity contribution in [2.75, 3.05) is 6.54 Å². The van der Waals surface area contributed by atoms with E-state index < -0.39 is 0 Å². The lowest BCUT2D eigenvalue weighted by Crippen LogP contribution is -2.19. The minimum Gasteiger partial charge on any atom is -0.506 e. The number of nitrogens with one attached hydrogen (secondary N) is 1. The smallest absolute Gasteiger partial charge is 0.217 e. The summed E-state index contributed by atoms with van der Waals surface area (Å²) in [6, 6.07) is 4.70. The van der Waals surface area contributed by atoms with Gasteiger partial charge in [0.25, 0.3) is 0 Å². The predicted octanol–water partition coefficient (Wildman–Crippen LogP) is 1.53. The van der Waals surface area contributed by atoms with Crippen molar-refractivity contribution >= 4 is 17.5 Å². The standard InChI is InChI=1S/C11H10ClNO2/c1-8(14)13-6-2-3-9-4-5-11(15)10(12)7-9/h4-5,7,15H,6H2,1H3,(H,13,14). The number of halogens is 1. The van der Waals surface area contributed by atoms with Crippen LogP contribution in [0.4, 0.5) is 0 Å².